The van der Waals surface area contributed by atoms with Crippen LogP contribution in [-0.4, -0.2) is 57.2 Å². The molecule has 0 saturated heterocycles. The molecular weight excluding hydrogens is 390 g/mol. The van der Waals surface area contributed by atoms with Crippen LogP contribution in [0.5, 0.6) is 5.75 Å². The zero-order chi connectivity index (χ0) is 23.3. The number of carboxylic acids is 1. The number of amides is 2. The van der Waals surface area contributed by atoms with Crippen LogP contribution in [0.2, 0.25) is 0 Å². The Balaban J connectivity index is 3.08. The summed E-state index contributed by atoms with van der Waals surface area (Å²) in [7, 11) is 0. The summed E-state index contributed by atoms with van der Waals surface area (Å²) in [6.45, 7) is 6.91. The fraction of sp³-hybridized carbons (Fsp3) is 0.550. The molecule has 10 N–H and O–H groups in total. The number of nitrogens with two attached hydrogens (primary N) is 3. The number of nitrogens with one attached hydrogen (secondary N) is 2. The van der Waals surface area contributed by atoms with E-state index in [0.29, 0.717) is 5.56 Å². The number of phenolic OH excluding ortho intramolecular Hbond substituents is 1. The van der Waals surface area contributed by atoms with Crippen LogP contribution < -0.4 is 27.8 Å². The van der Waals surface area contributed by atoms with Gasteiger partial charge < -0.3 is 38.0 Å². The maximum atomic E-state index is 13.0. The number of hydrogen-bond donors (Lipinski definition) is 7. The van der Waals surface area contributed by atoms with Crippen molar-refractivity contribution in [2.45, 2.75) is 69.7 Å². The van der Waals surface area contributed by atoms with Crippen LogP contribution in [0.25, 0.3) is 0 Å². The number of carbonyl (C=O) groups is 3. The molecule has 0 aliphatic carbocycles. The molecule has 0 radical (unpaired) electrons. The van der Waals surface area contributed by atoms with Crippen molar-refractivity contribution in [1.82, 2.24) is 10.6 Å². The molecule has 0 aliphatic heterocycles. The molecule has 10 heteroatoms. The lowest BCUT2D eigenvalue weighted by Crippen LogP contribution is -2.68. The summed E-state index contributed by atoms with van der Waals surface area (Å²) in [4.78, 5) is 36.2. The lowest BCUT2D eigenvalue weighted by atomic mass is 9.81. The van der Waals surface area contributed by atoms with Gasteiger partial charge in [-0.05, 0) is 45.4 Å². The second-order valence-electron chi connectivity index (χ2n) is 8.72. The minimum atomic E-state index is -1.39. The highest BCUT2D eigenvalue weighted by Gasteiger charge is 2.38. The van der Waals surface area contributed by atoms with Gasteiger partial charge in [0.15, 0.2) is 0 Å². The van der Waals surface area contributed by atoms with Gasteiger partial charge >= 0.3 is 5.97 Å². The Bertz CT molecular complexity index is 738. The third-order valence-corrected chi connectivity index (χ3v) is 4.53. The lowest BCUT2D eigenvalue weighted by molar-refractivity contribution is -0.140. The van der Waals surface area contributed by atoms with E-state index >= 15 is 0 Å². The number of aromatic hydroxyl groups is 1. The predicted molar refractivity (Wildman–Crippen MR) is 112 cm³/mol. The first-order valence-electron chi connectivity index (χ1n) is 9.55. The number of phenols is 1. The van der Waals surface area contributed by atoms with E-state index in [1.807, 2.05) is 0 Å². The normalized spacial score (nSPS) is 14.1. The summed E-state index contributed by atoms with van der Waals surface area (Å²) in [5, 5.41) is 23.7. The Kier molecular flexibility index (Phi) is 8.34. The van der Waals surface area contributed by atoms with Crippen molar-refractivity contribution in [3.63, 3.8) is 0 Å². The monoisotopic (exact) mass is 423 g/mol. The van der Waals surface area contributed by atoms with Crippen LogP contribution in [0.4, 0.5) is 0 Å². The molecule has 1 rings (SSSR count). The van der Waals surface area contributed by atoms with E-state index < -0.39 is 53.4 Å². The summed E-state index contributed by atoms with van der Waals surface area (Å²) >= 11 is 0. The van der Waals surface area contributed by atoms with Gasteiger partial charge in [-0.1, -0.05) is 12.1 Å². The second-order valence-corrected chi connectivity index (χ2v) is 8.72. The van der Waals surface area contributed by atoms with Gasteiger partial charge in [0.1, 0.15) is 17.8 Å². The van der Waals surface area contributed by atoms with Gasteiger partial charge in [-0.3, -0.25) is 14.4 Å². The highest BCUT2D eigenvalue weighted by molar-refractivity contribution is 5.90. The van der Waals surface area contributed by atoms with Crippen molar-refractivity contribution in [3.05, 3.63) is 29.8 Å². The number of benzene rings is 1. The SMILES string of the molecule is CC(C)(N)C(NC(=O)[C@H](Cc1ccc(O)cc1)NC(=O)C[C@H](N)C(=O)O)C(C)(C)N. The van der Waals surface area contributed by atoms with Gasteiger partial charge in [-0.2, -0.15) is 0 Å². The van der Waals surface area contributed by atoms with Crippen molar-refractivity contribution in [1.29, 1.82) is 0 Å². The molecule has 0 unspecified atom stereocenters. The second kappa shape index (κ2) is 9.88. The fourth-order valence-electron chi connectivity index (χ4n) is 3.19. The zero-order valence-corrected chi connectivity index (χ0v) is 17.8. The van der Waals surface area contributed by atoms with E-state index in [2.05, 4.69) is 10.6 Å². The van der Waals surface area contributed by atoms with Crippen LogP contribution in [0, 0.1) is 0 Å². The third kappa shape index (κ3) is 7.97. The minimum Gasteiger partial charge on any atom is -0.508 e. The van der Waals surface area contributed by atoms with E-state index in [1.54, 1.807) is 39.8 Å². The van der Waals surface area contributed by atoms with E-state index in [9.17, 15) is 19.5 Å². The van der Waals surface area contributed by atoms with Crippen molar-refractivity contribution >= 4 is 17.8 Å². The molecule has 0 bridgehead atoms. The van der Waals surface area contributed by atoms with Crippen LogP contribution in [0.15, 0.2) is 24.3 Å². The Morgan fingerprint density at radius 2 is 1.50 bits per heavy atom. The van der Waals surface area contributed by atoms with E-state index in [1.165, 1.54) is 12.1 Å². The third-order valence-electron chi connectivity index (χ3n) is 4.53. The number of carboxylic acid groups (broad SMARTS) is 1. The van der Waals surface area contributed by atoms with E-state index in [-0.39, 0.29) is 12.2 Å². The van der Waals surface area contributed by atoms with Gasteiger partial charge in [-0.25, -0.2) is 0 Å². The van der Waals surface area contributed by atoms with E-state index in [4.69, 9.17) is 22.3 Å². The highest BCUT2D eigenvalue weighted by Crippen LogP contribution is 2.18. The lowest BCUT2D eigenvalue weighted by Gasteiger charge is -2.41. The molecule has 0 heterocycles. The first-order valence-corrected chi connectivity index (χ1v) is 9.55. The standard InChI is InChI=1S/C20H33N5O5/c1-19(2,22)18(20(3,4)23)25-16(28)14(9-11-5-7-12(26)8-6-11)24-15(27)10-13(21)17(29)30/h5-8,13-14,18,26H,9-10,21-23H2,1-4H3,(H,24,27)(H,25,28)(H,29,30)/t13-,14-/m0/s1. The maximum Gasteiger partial charge on any atom is 0.321 e. The summed E-state index contributed by atoms with van der Waals surface area (Å²) in [5.41, 5.74) is 16.8. The highest BCUT2D eigenvalue weighted by atomic mass is 16.4. The Labute approximate surface area is 176 Å². The average Bonchev–Trinajstić information content (AvgIpc) is 2.58. The van der Waals surface area contributed by atoms with Crippen molar-refractivity contribution < 1.29 is 24.6 Å². The average molecular weight is 424 g/mol. The van der Waals surface area contributed by atoms with Crippen molar-refractivity contribution in [2.75, 3.05) is 0 Å². The Morgan fingerprint density at radius 1 is 1.00 bits per heavy atom. The Hall–Kier alpha value is -2.69. The molecule has 0 aromatic heterocycles. The molecular formula is C20H33N5O5. The largest absolute Gasteiger partial charge is 0.508 e. The van der Waals surface area contributed by atoms with Crippen LogP contribution in [-0.2, 0) is 20.8 Å². The topological polar surface area (TPSA) is 194 Å². The van der Waals surface area contributed by atoms with Gasteiger partial charge in [0.05, 0.1) is 12.5 Å². The first kappa shape index (κ1) is 25.3. The van der Waals surface area contributed by atoms with E-state index in [0.717, 1.165) is 0 Å². The molecule has 0 fully saturated rings. The molecule has 1 aromatic rings. The summed E-state index contributed by atoms with van der Waals surface area (Å²) in [6.07, 6.45) is -0.383. The van der Waals surface area contributed by atoms with Gasteiger partial charge in [-0.15, -0.1) is 0 Å². The first-order chi connectivity index (χ1) is 13.6. The number of aliphatic carboxylic acids is 1. The molecule has 0 spiro atoms. The number of carbonyl (C=O) groups excluding carboxylic acids is 2. The molecule has 1 aromatic carbocycles. The maximum absolute atomic E-state index is 13.0. The summed E-state index contributed by atoms with van der Waals surface area (Å²) < 4.78 is 0. The van der Waals surface area contributed by atoms with Crippen LogP contribution >= 0.6 is 0 Å². The minimum absolute atomic E-state index is 0.0612. The quantitative estimate of drug-likeness (QED) is 0.253. The van der Waals surface area contributed by atoms with Crippen molar-refractivity contribution in [2.24, 2.45) is 17.2 Å². The number of hydrogen-bond acceptors (Lipinski definition) is 7. The predicted octanol–water partition coefficient (Wildman–Crippen LogP) is -0.819. The van der Waals surface area contributed by atoms with Crippen molar-refractivity contribution in [3.8, 4) is 5.75 Å². The van der Waals surface area contributed by atoms with Gasteiger partial charge in [0, 0.05) is 17.5 Å². The molecule has 2 amide bonds. The van der Waals surface area contributed by atoms with Gasteiger partial charge in [0.25, 0.3) is 0 Å². The molecule has 2 atom stereocenters. The molecule has 10 nitrogen and oxygen atoms in total. The van der Waals surface area contributed by atoms with Crippen LogP contribution in [0.3, 0.4) is 0 Å². The smallest absolute Gasteiger partial charge is 0.321 e. The fourth-order valence-corrected chi connectivity index (χ4v) is 3.19. The molecule has 0 saturated carbocycles. The summed E-state index contributed by atoms with van der Waals surface area (Å²) in [5.74, 6) is -2.47. The number of rotatable bonds is 10. The molecule has 168 valence electrons. The van der Waals surface area contributed by atoms with Crippen LogP contribution in [0.1, 0.15) is 39.7 Å². The molecule has 30 heavy (non-hydrogen) atoms. The Morgan fingerprint density at radius 3 is 1.93 bits per heavy atom. The zero-order valence-electron chi connectivity index (χ0n) is 17.8. The summed E-state index contributed by atoms with van der Waals surface area (Å²) in [6, 6.07) is 3.10. The van der Waals surface area contributed by atoms with Gasteiger partial charge in [0.2, 0.25) is 11.8 Å². The molecule has 0 aliphatic rings.